The summed E-state index contributed by atoms with van der Waals surface area (Å²) in [4.78, 5) is 24.4. The summed E-state index contributed by atoms with van der Waals surface area (Å²) in [5, 5.41) is 8.54. The lowest BCUT2D eigenvalue weighted by atomic mass is 9.82. The Morgan fingerprint density at radius 2 is 1.56 bits per heavy atom. The molecule has 2 unspecified atom stereocenters. The van der Waals surface area contributed by atoms with Gasteiger partial charge in [0.15, 0.2) is 0 Å². The molecule has 18 heavy (non-hydrogen) atoms. The summed E-state index contributed by atoms with van der Waals surface area (Å²) in [5.74, 6) is 0.938. The van der Waals surface area contributed by atoms with Crippen molar-refractivity contribution in [3.63, 3.8) is 0 Å². The predicted octanol–water partition coefficient (Wildman–Crippen LogP) is 2.28. The Kier molecular flexibility index (Phi) is 4.61. The Labute approximate surface area is 108 Å². The second-order valence-corrected chi connectivity index (χ2v) is 5.70. The zero-order valence-corrected chi connectivity index (χ0v) is 10.9. The molecule has 0 aromatic carbocycles. The van der Waals surface area contributed by atoms with E-state index in [2.05, 4.69) is 0 Å². The van der Waals surface area contributed by atoms with Gasteiger partial charge in [-0.05, 0) is 37.5 Å². The van der Waals surface area contributed by atoms with Crippen molar-refractivity contribution < 1.29 is 14.7 Å². The maximum atomic E-state index is 12.0. The van der Waals surface area contributed by atoms with Crippen LogP contribution in [0.3, 0.4) is 0 Å². The van der Waals surface area contributed by atoms with Gasteiger partial charge in [0.05, 0.1) is 0 Å². The molecule has 0 aromatic heterocycles. The quantitative estimate of drug-likeness (QED) is 0.765. The van der Waals surface area contributed by atoms with E-state index in [9.17, 15) is 9.59 Å². The minimum Gasteiger partial charge on any atom is -0.481 e. The lowest BCUT2D eigenvalue weighted by molar-refractivity contribution is -0.137. The van der Waals surface area contributed by atoms with Gasteiger partial charge in [-0.15, -0.1) is 0 Å². The third-order valence-corrected chi connectivity index (χ3v) is 4.36. The van der Waals surface area contributed by atoms with Gasteiger partial charge in [-0.3, -0.25) is 9.59 Å². The second-order valence-electron chi connectivity index (χ2n) is 5.70. The SMILES string of the molecule is O=C(O)CCCCC(=O)N1CC2CCCCC2C1. The fourth-order valence-electron chi connectivity index (χ4n) is 3.32. The highest BCUT2D eigenvalue weighted by atomic mass is 16.4. The number of carboxylic acid groups (broad SMARTS) is 1. The first-order valence-corrected chi connectivity index (χ1v) is 7.16. The molecule has 1 aliphatic carbocycles. The monoisotopic (exact) mass is 253 g/mol. The van der Waals surface area contributed by atoms with Crippen LogP contribution in [0, 0.1) is 11.8 Å². The number of nitrogens with zero attached hydrogens (tertiary/aromatic N) is 1. The Bertz CT molecular complexity index is 302. The summed E-state index contributed by atoms with van der Waals surface area (Å²) in [6, 6.07) is 0. The molecule has 1 saturated carbocycles. The fourth-order valence-corrected chi connectivity index (χ4v) is 3.32. The Morgan fingerprint density at radius 1 is 1.00 bits per heavy atom. The molecule has 2 fully saturated rings. The van der Waals surface area contributed by atoms with Crippen LogP contribution in [0.5, 0.6) is 0 Å². The number of carbonyl (C=O) groups is 2. The van der Waals surface area contributed by atoms with Crippen LogP contribution in [0.2, 0.25) is 0 Å². The molecule has 2 atom stereocenters. The van der Waals surface area contributed by atoms with E-state index in [1.807, 2.05) is 4.90 Å². The minimum atomic E-state index is -0.769. The van der Waals surface area contributed by atoms with E-state index in [0.717, 1.165) is 24.9 Å². The highest BCUT2D eigenvalue weighted by Gasteiger charge is 2.35. The van der Waals surface area contributed by atoms with E-state index in [1.165, 1.54) is 25.7 Å². The molecule has 1 heterocycles. The standard InChI is InChI=1S/C14H23NO3/c16-13(7-3-4-8-14(17)18)15-9-11-5-1-2-6-12(11)10-15/h11-12H,1-10H2,(H,17,18). The number of hydrogen-bond donors (Lipinski definition) is 1. The van der Waals surface area contributed by atoms with E-state index in [4.69, 9.17) is 5.11 Å². The van der Waals surface area contributed by atoms with Crippen molar-refractivity contribution in [2.24, 2.45) is 11.8 Å². The number of carboxylic acids is 1. The molecule has 0 radical (unpaired) electrons. The van der Waals surface area contributed by atoms with Gasteiger partial charge in [0.25, 0.3) is 0 Å². The maximum absolute atomic E-state index is 12.0. The molecule has 102 valence electrons. The third kappa shape index (κ3) is 3.47. The Balaban J connectivity index is 1.68. The van der Waals surface area contributed by atoms with Crippen molar-refractivity contribution in [3.05, 3.63) is 0 Å². The summed E-state index contributed by atoms with van der Waals surface area (Å²) in [7, 11) is 0. The summed E-state index contributed by atoms with van der Waals surface area (Å²) < 4.78 is 0. The zero-order chi connectivity index (χ0) is 13.0. The van der Waals surface area contributed by atoms with Gasteiger partial charge in [-0.1, -0.05) is 12.8 Å². The van der Waals surface area contributed by atoms with Gasteiger partial charge in [0, 0.05) is 25.9 Å². The molecule has 0 aromatic rings. The first-order chi connectivity index (χ1) is 8.66. The van der Waals surface area contributed by atoms with E-state index >= 15 is 0 Å². The number of hydrogen-bond acceptors (Lipinski definition) is 2. The second kappa shape index (κ2) is 6.21. The largest absolute Gasteiger partial charge is 0.481 e. The number of aliphatic carboxylic acids is 1. The summed E-state index contributed by atoms with van der Waals surface area (Å²) >= 11 is 0. The molecule has 0 spiro atoms. The third-order valence-electron chi connectivity index (χ3n) is 4.36. The average Bonchev–Trinajstić information content (AvgIpc) is 2.78. The number of unbranched alkanes of at least 4 members (excludes halogenated alkanes) is 1. The number of fused-ring (bicyclic) bond motifs is 1. The Morgan fingerprint density at radius 3 is 2.11 bits per heavy atom. The number of amides is 1. The molecule has 1 N–H and O–H groups in total. The van der Waals surface area contributed by atoms with Crippen LogP contribution in [-0.4, -0.2) is 35.0 Å². The van der Waals surface area contributed by atoms with E-state index < -0.39 is 5.97 Å². The van der Waals surface area contributed by atoms with Crippen LogP contribution in [0.1, 0.15) is 51.4 Å². The van der Waals surface area contributed by atoms with Crippen LogP contribution in [0.25, 0.3) is 0 Å². The number of rotatable bonds is 5. The van der Waals surface area contributed by atoms with Crippen molar-refractivity contribution in [1.29, 1.82) is 0 Å². The van der Waals surface area contributed by atoms with Gasteiger partial charge < -0.3 is 10.0 Å². The first-order valence-electron chi connectivity index (χ1n) is 7.16. The maximum Gasteiger partial charge on any atom is 0.303 e. The van der Waals surface area contributed by atoms with Gasteiger partial charge >= 0.3 is 5.97 Å². The molecule has 4 heteroatoms. The van der Waals surface area contributed by atoms with Crippen LogP contribution in [0.15, 0.2) is 0 Å². The van der Waals surface area contributed by atoms with Crippen molar-refractivity contribution in [3.8, 4) is 0 Å². The highest BCUT2D eigenvalue weighted by Crippen LogP contribution is 2.36. The lowest BCUT2D eigenvalue weighted by Crippen LogP contribution is -2.28. The summed E-state index contributed by atoms with van der Waals surface area (Å²) in [6.45, 7) is 1.89. The van der Waals surface area contributed by atoms with Crippen molar-refractivity contribution >= 4 is 11.9 Å². The number of carbonyl (C=O) groups excluding carboxylic acids is 1. The van der Waals surface area contributed by atoms with Gasteiger partial charge in [-0.25, -0.2) is 0 Å². The van der Waals surface area contributed by atoms with E-state index in [1.54, 1.807) is 0 Å². The summed E-state index contributed by atoms with van der Waals surface area (Å²) in [6.07, 6.45) is 7.23. The molecule has 2 aliphatic rings. The van der Waals surface area contributed by atoms with Crippen molar-refractivity contribution in [1.82, 2.24) is 4.90 Å². The molecular weight excluding hydrogens is 230 g/mol. The zero-order valence-electron chi connectivity index (χ0n) is 10.9. The van der Waals surface area contributed by atoms with Crippen molar-refractivity contribution in [2.45, 2.75) is 51.4 Å². The van der Waals surface area contributed by atoms with Gasteiger partial charge in [0.2, 0.25) is 5.91 Å². The highest BCUT2D eigenvalue weighted by molar-refractivity contribution is 5.76. The molecule has 1 saturated heterocycles. The van der Waals surface area contributed by atoms with E-state index in [-0.39, 0.29) is 12.3 Å². The topological polar surface area (TPSA) is 57.6 Å². The molecule has 2 rings (SSSR count). The minimum absolute atomic E-state index is 0.179. The number of likely N-dealkylation sites (tertiary alicyclic amines) is 1. The predicted molar refractivity (Wildman–Crippen MR) is 68.1 cm³/mol. The van der Waals surface area contributed by atoms with Crippen LogP contribution in [-0.2, 0) is 9.59 Å². The molecular formula is C14H23NO3. The Hall–Kier alpha value is -1.06. The molecule has 1 aliphatic heterocycles. The van der Waals surface area contributed by atoms with Crippen LogP contribution in [0.4, 0.5) is 0 Å². The first kappa shape index (κ1) is 13.4. The van der Waals surface area contributed by atoms with Gasteiger partial charge in [0.1, 0.15) is 0 Å². The van der Waals surface area contributed by atoms with Gasteiger partial charge in [-0.2, -0.15) is 0 Å². The molecule has 1 amide bonds. The molecule has 0 bridgehead atoms. The smallest absolute Gasteiger partial charge is 0.303 e. The summed E-state index contributed by atoms with van der Waals surface area (Å²) in [5.41, 5.74) is 0. The van der Waals surface area contributed by atoms with Crippen LogP contribution < -0.4 is 0 Å². The lowest BCUT2D eigenvalue weighted by Gasteiger charge is -2.22. The average molecular weight is 253 g/mol. The van der Waals surface area contributed by atoms with Crippen molar-refractivity contribution in [2.75, 3.05) is 13.1 Å². The normalized spacial score (nSPS) is 27.0. The fraction of sp³-hybridized carbons (Fsp3) is 0.857. The van der Waals surface area contributed by atoms with Crippen LogP contribution >= 0.6 is 0 Å². The van der Waals surface area contributed by atoms with E-state index in [0.29, 0.717) is 19.3 Å². The molecule has 4 nitrogen and oxygen atoms in total.